The van der Waals surface area contributed by atoms with Gasteiger partial charge in [-0.3, -0.25) is 0 Å². The predicted molar refractivity (Wildman–Crippen MR) is 78.8 cm³/mol. The number of nitrogens with zero attached hydrogens (tertiary/aromatic N) is 1. The summed E-state index contributed by atoms with van der Waals surface area (Å²) in [7, 11) is 5.99. The van der Waals surface area contributed by atoms with Gasteiger partial charge < -0.3 is 23.9 Å². The molecule has 22 heavy (non-hydrogen) atoms. The summed E-state index contributed by atoms with van der Waals surface area (Å²) < 4.78 is 20.5. The van der Waals surface area contributed by atoms with E-state index in [0.717, 1.165) is 5.56 Å². The van der Waals surface area contributed by atoms with Crippen LogP contribution in [0.3, 0.4) is 0 Å². The van der Waals surface area contributed by atoms with Crippen LogP contribution in [0.25, 0.3) is 0 Å². The molecule has 7 heteroatoms. The largest absolute Gasteiger partial charge is 0.493 e. The Morgan fingerprint density at radius 3 is 2.23 bits per heavy atom. The maximum atomic E-state index is 11.4. The Morgan fingerprint density at radius 2 is 1.73 bits per heavy atom. The van der Waals surface area contributed by atoms with Crippen molar-refractivity contribution in [1.82, 2.24) is 9.97 Å². The number of methoxy groups -OCH3 is 4. The molecule has 7 nitrogen and oxygen atoms in total. The van der Waals surface area contributed by atoms with E-state index in [2.05, 4.69) is 14.7 Å². The first-order valence-electron chi connectivity index (χ1n) is 6.54. The van der Waals surface area contributed by atoms with E-state index in [0.29, 0.717) is 35.2 Å². The molecular formula is C15H18N2O5. The molecule has 1 N–H and O–H groups in total. The summed E-state index contributed by atoms with van der Waals surface area (Å²) >= 11 is 0. The molecule has 0 unspecified atom stereocenters. The number of carbonyl (C=O) groups is 1. The summed E-state index contributed by atoms with van der Waals surface area (Å²) in [4.78, 5) is 18.5. The molecule has 0 fully saturated rings. The predicted octanol–water partition coefficient (Wildman–Crippen LogP) is 1.81. The first kappa shape index (κ1) is 15.7. The Labute approximate surface area is 128 Å². The number of hydrogen-bond donors (Lipinski definition) is 1. The topological polar surface area (TPSA) is 82.7 Å². The molecule has 1 heterocycles. The number of H-pyrrole nitrogens is 1. The van der Waals surface area contributed by atoms with Crippen molar-refractivity contribution in [1.29, 1.82) is 0 Å². The molecule has 0 saturated heterocycles. The normalized spacial score (nSPS) is 10.2. The number of esters is 1. The smallest absolute Gasteiger partial charge is 0.356 e. The van der Waals surface area contributed by atoms with Crippen LogP contribution in [0.2, 0.25) is 0 Å². The Hall–Kier alpha value is -2.70. The van der Waals surface area contributed by atoms with Gasteiger partial charge in [0.1, 0.15) is 11.5 Å². The van der Waals surface area contributed by atoms with Gasteiger partial charge in [0.2, 0.25) is 5.75 Å². The lowest BCUT2D eigenvalue weighted by atomic mass is 10.1. The fourth-order valence-electron chi connectivity index (χ4n) is 2.10. The molecular weight excluding hydrogens is 288 g/mol. The van der Waals surface area contributed by atoms with Gasteiger partial charge in [-0.2, -0.15) is 0 Å². The average molecular weight is 306 g/mol. The second-order valence-electron chi connectivity index (χ2n) is 4.45. The highest BCUT2D eigenvalue weighted by atomic mass is 16.5. The summed E-state index contributed by atoms with van der Waals surface area (Å²) in [6.07, 6.45) is 1.92. The summed E-state index contributed by atoms with van der Waals surface area (Å²) in [5.41, 5.74) is 1.21. The lowest BCUT2D eigenvalue weighted by molar-refractivity contribution is 0.0594. The average Bonchev–Trinajstić information content (AvgIpc) is 3.01. The number of nitrogens with one attached hydrogen (secondary N) is 1. The highest BCUT2D eigenvalue weighted by molar-refractivity contribution is 5.86. The summed E-state index contributed by atoms with van der Waals surface area (Å²) in [5, 5.41) is 0. The lowest BCUT2D eigenvalue weighted by Crippen LogP contribution is -2.02. The second-order valence-corrected chi connectivity index (χ2v) is 4.45. The fourth-order valence-corrected chi connectivity index (χ4v) is 2.10. The van der Waals surface area contributed by atoms with Gasteiger partial charge in [0.05, 0.1) is 34.6 Å². The van der Waals surface area contributed by atoms with E-state index < -0.39 is 5.97 Å². The van der Waals surface area contributed by atoms with Gasteiger partial charge in [-0.05, 0) is 17.7 Å². The third-order valence-corrected chi connectivity index (χ3v) is 3.13. The lowest BCUT2D eigenvalue weighted by Gasteiger charge is -2.13. The van der Waals surface area contributed by atoms with Gasteiger partial charge in [0.25, 0.3) is 0 Å². The van der Waals surface area contributed by atoms with Crippen molar-refractivity contribution in [2.45, 2.75) is 6.42 Å². The van der Waals surface area contributed by atoms with Crippen molar-refractivity contribution >= 4 is 5.97 Å². The van der Waals surface area contributed by atoms with E-state index in [4.69, 9.17) is 14.2 Å². The fraction of sp³-hybridized carbons (Fsp3) is 0.333. The van der Waals surface area contributed by atoms with Crippen molar-refractivity contribution in [3.8, 4) is 17.2 Å². The van der Waals surface area contributed by atoms with Crippen LogP contribution in [0.5, 0.6) is 17.2 Å². The number of carbonyl (C=O) groups excluding carboxylic acids is 1. The Morgan fingerprint density at radius 1 is 1.09 bits per heavy atom. The number of imidazole rings is 1. The van der Waals surface area contributed by atoms with Crippen molar-refractivity contribution < 1.29 is 23.7 Å². The molecule has 0 bridgehead atoms. The Balaban J connectivity index is 2.29. The van der Waals surface area contributed by atoms with E-state index >= 15 is 0 Å². The molecule has 1 aromatic heterocycles. The summed E-state index contributed by atoms with van der Waals surface area (Å²) in [6, 6.07) is 3.67. The van der Waals surface area contributed by atoms with Crippen LogP contribution in [0.15, 0.2) is 18.3 Å². The van der Waals surface area contributed by atoms with E-state index in [1.807, 2.05) is 12.1 Å². The van der Waals surface area contributed by atoms with E-state index in [1.165, 1.54) is 13.3 Å². The zero-order chi connectivity index (χ0) is 16.1. The minimum absolute atomic E-state index is 0.310. The van der Waals surface area contributed by atoms with Gasteiger partial charge >= 0.3 is 5.97 Å². The Kier molecular flexibility index (Phi) is 4.88. The maximum absolute atomic E-state index is 11.4. The summed E-state index contributed by atoms with van der Waals surface area (Å²) in [5.74, 6) is 1.84. The summed E-state index contributed by atoms with van der Waals surface area (Å²) in [6.45, 7) is 0. The third kappa shape index (κ3) is 3.13. The quantitative estimate of drug-likeness (QED) is 0.820. The molecule has 0 atom stereocenters. The van der Waals surface area contributed by atoms with E-state index in [1.54, 1.807) is 21.3 Å². The van der Waals surface area contributed by atoms with Crippen LogP contribution >= 0.6 is 0 Å². The van der Waals surface area contributed by atoms with Gasteiger partial charge in [-0.25, -0.2) is 9.78 Å². The van der Waals surface area contributed by atoms with Crippen LogP contribution < -0.4 is 14.2 Å². The van der Waals surface area contributed by atoms with Crippen molar-refractivity contribution in [3.63, 3.8) is 0 Å². The molecule has 0 amide bonds. The zero-order valence-electron chi connectivity index (χ0n) is 12.9. The molecule has 0 aliphatic heterocycles. The molecule has 0 aliphatic carbocycles. The number of aromatic nitrogens is 2. The monoisotopic (exact) mass is 306 g/mol. The first-order valence-corrected chi connectivity index (χ1v) is 6.54. The highest BCUT2D eigenvalue weighted by Crippen LogP contribution is 2.38. The zero-order valence-corrected chi connectivity index (χ0v) is 12.9. The van der Waals surface area contributed by atoms with Gasteiger partial charge in [0.15, 0.2) is 11.5 Å². The minimum Gasteiger partial charge on any atom is -0.493 e. The number of rotatable bonds is 6. The number of hydrogen-bond acceptors (Lipinski definition) is 6. The van der Waals surface area contributed by atoms with Crippen molar-refractivity contribution in [2.75, 3.05) is 28.4 Å². The Bertz CT molecular complexity index is 641. The first-order chi connectivity index (χ1) is 10.6. The molecule has 2 aromatic rings. The van der Waals surface area contributed by atoms with Gasteiger partial charge in [-0.1, -0.05) is 0 Å². The molecule has 2 rings (SSSR count). The molecule has 0 radical (unpaired) electrons. The van der Waals surface area contributed by atoms with Crippen LogP contribution in [0.1, 0.15) is 21.9 Å². The van der Waals surface area contributed by atoms with Crippen molar-refractivity contribution in [2.24, 2.45) is 0 Å². The van der Waals surface area contributed by atoms with Crippen LogP contribution in [0.4, 0.5) is 0 Å². The minimum atomic E-state index is -0.455. The molecule has 118 valence electrons. The number of benzene rings is 1. The van der Waals surface area contributed by atoms with Crippen molar-refractivity contribution in [3.05, 3.63) is 35.4 Å². The van der Waals surface area contributed by atoms with Gasteiger partial charge in [0, 0.05) is 6.42 Å². The number of aromatic amines is 1. The van der Waals surface area contributed by atoms with Gasteiger partial charge in [-0.15, -0.1) is 0 Å². The highest BCUT2D eigenvalue weighted by Gasteiger charge is 2.15. The van der Waals surface area contributed by atoms with Crippen LogP contribution in [-0.4, -0.2) is 44.4 Å². The van der Waals surface area contributed by atoms with Crippen LogP contribution in [0, 0.1) is 0 Å². The number of ether oxygens (including phenoxy) is 4. The molecule has 0 spiro atoms. The maximum Gasteiger partial charge on any atom is 0.356 e. The second kappa shape index (κ2) is 6.84. The molecule has 0 saturated carbocycles. The van der Waals surface area contributed by atoms with E-state index in [9.17, 15) is 4.79 Å². The standard InChI is InChI=1S/C15H18N2O5/c1-19-11-5-9(6-12(20-2)14(11)21-3)7-13-16-8-10(17-13)15(18)22-4/h5-6,8H,7H2,1-4H3,(H,16,17). The molecule has 1 aromatic carbocycles. The van der Waals surface area contributed by atoms with E-state index in [-0.39, 0.29) is 0 Å². The third-order valence-electron chi connectivity index (χ3n) is 3.13. The van der Waals surface area contributed by atoms with Crippen LogP contribution in [-0.2, 0) is 11.2 Å². The SMILES string of the molecule is COC(=O)c1cnc(Cc2cc(OC)c(OC)c(OC)c2)[nH]1. The molecule has 0 aliphatic rings.